The summed E-state index contributed by atoms with van der Waals surface area (Å²) in [6, 6.07) is 0. The fourth-order valence-corrected chi connectivity index (χ4v) is 7.68. The number of carboxylic acids is 2. The third kappa shape index (κ3) is 2.42. The highest BCUT2D eigenvalue weighted by molar-refractivity contribution is 6.00. The Morgan fingerprint density at radius 2 is 1.79 bits per heavy atom. The van der Waals surface area contributed by atoms with Crippen molar-refractivity contribution in [3.05, 3.63) is 11.1 Å². The minimum Gasteiger partial charge on any atom is -0.481 e. The zero-order chi connectivity index (χ0) is 20.5. The summed E-state index contributed by atoms with van der Waals surface area (Å²) in [7, 11) is 0. The van der Waals surface area contributed by atoms with Gasteiger partial charge in [-0.3, -0.25) is 14.4 Å². The van der Waals surface area contributed by atoms with Crippen LogP contribution in [0.3, 0.4) is 0 Å². The van der Waals surface area contributed by atoms with Crippen LogP contribution < -0.4 is 0 Å². The number of rotatable bonds is 3. The van der Waals surface area contributed by atoms with Gasteiger partial charge in [0.1, 0.15) is 6.54 Å². The van der Waals surface area contributed by atoms with E-state index in [1.165, 1.54) is 4.90 Å². The zero-order valence-electron chi connectivity index (χ0n) is 17.1. The number of amides is 1. The average molecular weight is 389 g/mol. The van der Waals surface area contributed by atoms with Crippen molar-refractivity contribution >= 4 is 17.8 Å². The first-order valence-corrected chi connectivity index (χ1v) is 10.5. The molecule has 4 aliphatic rings. The van der Waals surface area contributed by atoms with E-state index >= 15 is 0 Å². The predicted molar refractivity (Wildman–Crippen MR) is 102 cm³/mol. The maximum absolute atomic E-state index is 13.1. The number of nitrogens with zero attached hydrogens (tertiary/aromatic N) is 1. The summed E-state index contributed by atoms with van der Waals surface area (Å²) in [4.78, 5) is 38.0. The van der Waals surface area contributed by atoms with E-state index in [1.807, 2.05) is 6.92 Å². The monoisotopic (exact) mass is 389 g/mol. The normalized spacial score (nSPS) is 42.7. The molecule has 28 heavy (non-hydrogen) atoms. The second-order valence-electron chi connectivity index (χ2n) is 10.2. The van der Waals surface area contributed by atoms with Gasteiger partial charge in [0, 0.05) is 17.5 Å². The third-order valence-electron chi connectivity index (χ3n) is 8.85. The fourth-order valence-electron chi connectivity index (χ4n) is 7.68. The molecule has 1 aliphatic heterocycles. The Bertz CT molecular complexity index is 788. The van der Waals surface area contributed by atoms with Gasteiger partial charge in [-0.05, 0) is 68.3 Å². The van der Waals surface area contributed by atoms with Gasteiger partial charge in [-0.15, -0.1) is 0 Å². The molecule has 0 saturated heterocycles. The zero-order valence-corrected chi connectivity index (χ0v) is 17.1. The predicted octanol–water partition coefficient (Wildman–Crippen LogP) is 3.32. The molecule has 0 spiro atoms. The van der Waals surface area contributed by atoms with Crippen molar-refractivity contribution in [3.63, 3.8) is 0 Å². The van der Waals surface area contributed by atoms with Crippen molar-refractivity contribution in [2.45, 2.75) is 65.7 Å². The number of carbonyl (C=O) groups is 3. The van der Waals surface area contributed by atoms with Crippen LogP contribution in [0.15, 0.2) is 11.1 Å². The molecule has 0 aromatic carbocycles. The smallest absolute Gasteiger partial charge is 0.323 e. The molecule has 0 aromatic heterocycles. The summed E-state index contributed by atoms with van der Waals surface area (Å²) in [5.41, 5.74) is 0.895. The van der Waals surface area contributed by atoms with Crippen molar-refractivity contribution in [2.75, 3.05) is 13.1 Å². The van der Waals surface area contributed by atoms with E-state index in [9.17, 15) is 19.5 Å². The average Bonchev–Trinajstić information content (AvgIpc) is 2.90. The first kappa shape index (κ1) is 19.5. The Balaban J connectivity index is 1.71. The molecule has 0 bridgehead atoms. The Kier molecular flexibility index (Phi) is 4.22. The van der Waals surface area contributed by atoms with Crippen molar-refractivity contribution < 1.29 is 24.6 Å². The van der Waals surface area contributed by atoms with Crippen molar-refractivity contribution in [3.8, 4) is 0 Å². The van der Waals surface area contributed by atoms with Crippen LogP contribution in [0.4, 0.5) is 0 Å². The first-order valence-electron chi connectivity index (χ1n) is 10.5. The van der Waals surface area contributed by atoms with Crippen LogP contribution in [0, 0.1) is 28.1 Å². The molecule has 3 aliphatic carbocycles. The SMILES string of the molecule is CC1(C(=O)O)CCCC2(C)C1CCC1(C)C3=C(CCC12)CN(CC(=O)O)C3=O. The summed E-state index contributed by atoms with van der Waals surface area (Å²) < 4.78 is 0. The Hall–Kier alpha value is -1.85. The van der Waals surface area contributed by atoms with Gasteiger partial charge in [-0.2, -0.15) is 0 Å². The van der Waals surface area contributed by atoms with Crippen LogP contribution in [0.25, 0.3) is 0 Å². The summed E-state index contributed by atoms with van der Waals surface area (Å²) in [6.07, 6.45) is 6.06. The fraction of sp³-hybridized carbons (Fsp3) is 0.773. The van der Waals surface area contributed by atoms with E-state index in [-0.39, 0.29) is 35.1 Å². The van der Waals surface area contributed by atoms with Gasteiger partial charge < -0.3 is 15.1 Å². The number of fused-ring (bicyclic) bond motifs is 4. The Labute approximate surface area is 166 Å². The van der Waals surface area contributed by atoms with Crippen LogP contribution in [-0.4, -0.2) is 46.0 Å². The number of hydrogen-bond acceptors (Lipinski definition) is 3. The van der Waals surface area contributed by atoms with Crippen LogP contribution >= 0.6 is 0 Å². The molecule has 4 rings (SSSR count). The summed E-state index contributed by atoms with van der Waals surface area (Å²) in [5, 5.41) is 19.2. The lowest BCUT2D eigenvalue weighted by Gasteiger charge is -2.63. The minimum atomic E-state index is -0.977. The van der Waals surface area contributed by atoms with E-state index in [0.717, 1.165) is 56.1 Å². The van der Waals surface area contributed by atoms with Crippen molar-refractivity contribution in [2.24, 2.45) is 28.1 Å². The summed E-state index contributed by atoms with van der Waals surface area (Å²) in [5.74, 6) is -1.38. The van der Waals surface area contributed by atoms with Gasteiger partial charge in [0.15, 0.2) is 0 Å². The van der Waals surface area contributed by atoms with Gasteiger partial charge in [-0.25, -0.2) is 0 Å². The maximum Gasteiger partial charge on any atom is 0.323 e. The van der Waals surface area contributed by atoms with Crippen LogP contribution in [-0.2, 0) is 14.4 Å². The third-order valence-corrected chi connectivity index (χ3v) is 8.85. The van der Waals surface area contributed by atoms with Crippen LogP contribution in [0.1, 0.15) is 65.7 Å². The molecular formula is C22H31NO5. The number of carbonyl (C=O) groups excluding carboxylic acids is 1. The topological polar surface area (TPSA) is 94.9 Å². The van der Waals surface area contributed by atoms with E-state index in [1.54, 1.807) is 0 Å². The highest BCUT2D eigenvalue weighted by Gasteiger charge is 2.64. The maximum atomic E-state index is 13.1. The van der Waals surface area contributed by atoms with E-state index in [4.69, 9.17) is 5.11 Å². The largest absolute Gasteiger partial charge is 0.481 e. The molecule has 1 heterocycles. The lowest BCUT2D eigenvalue weighted by molar-refractivity contribution is -0.175. The van der Waals surface area contributed by atoms with E-state index < -0.39 is 17.4 Å². The van der Waals surface area contributed by atoms with Gasteiger partial charge >= 0.3 is 11.9 Å². The number of carboxylic acid groups (broad SMARTS) is 2. The molecule has 2 saturated carbocycles. The quantitative estimate of drug-likeness (QED) is 0.772. The lowest BCUT2D eigenvalue weighted by Crippen LogP contribution is -2.59. The van der Waals surface area contributed by atoms with Gasteiger partial charge in [-0.1, -0.05) is 20.3 Å². The second-order valence-corrected chi connectivity index (χ2v) is 10.2. The molecule has 5 atom stereocenters. The summed E-state index contributed by atoms with van der Waals surface area (Å²) in [6.45, 7) is 6.56. The molecule has 0 radical (unpaired) electrons. The molecule has 6 nitrogen and oxygen atoms in total. The van der Waals surface area contributed by atoms with Gasteiger partial charge in [0.25, 0.3) is 5.91 Å². The molecule has 1 amide bonds. The van der Waals surface area contributed by atoms with Crippen LogP contribution in [0.2, 0.25) is 0 Å². The van der Waals surface area contributed by atoms with Gasteiger partial charge in [0.2, 0.25) is 0 Å². The van der Waals surface area contributed by atoms with Crippen molar-refractivity contribution in [1.29, 1.82) is 0 Å². The molecule has 5 unspecified atom stereocenters. The Morgan fingerprint density at radius 1 is 1.07 bits per heavy atom. The summed E-state index contributed by atoms with van der Waals surface area (Å²) >= 11 is 0. The highest BCUT2D eigenvalue weighted by atomic mass is 16.4. The highest BCUT2D eigenvalue weighted by Crippen LogP contribution is 2.68. The molecule has 0 aromatic rings. The standard InChI is InChI=1S/C22H31NO5/c1-20-8-4-9-22(3,19(27)28)15(20)7-10-21(2)14(20)6-5-13-11-23(12-16(24)25)18(26)17(13)21/h14-15H,4-12H2,1-3H3,(H,24,25)(H,27,28). The minimum absolute atomic E-state index is 0.0998. The lowest BCUT2D eigenvalue weighted by atomic mass is 9.40. The molecule has 2 N–H and O–H groups in total. The number of hydrogen-bond donors (Lipinski definition) is 2. The molecule has 154 valence electrons. The van der Waals surface area contributed by atoms with Crippen LogP contribution in [0.5, 0.6) is 0 Å². The Morgan fingerprint density at radius 3 is 2.43 bits per heavy atom. The van der Waals surface area contributed by atoms with Crippen molar-refractivity contribution in [1.82, 2.24) is 4.90 Å². The van der Waals surface area contributed by atoms with E-state index in [2.05, 4.69) is 13.8 Å². The molecule has 2 fully saturated rings. The van der Waals surface area contributed by atoms with Gasteiger partial charge in [0.05, 0.1) is 5.41 Å². The number of aliphatic carboxylic acids is 2. The first-order chi connectivity index (χ1) is 13.0. The van der Waals surface area contributed by atoms with E-state index in [0.29, 0.717) is 6.54 Å². The second kappa shape index (κ2) is 6.07. The molecular weight excluding hydrogens is 358 g/mol. The molecule has 6 heteroatoms.